The second-order valence-corrected chi connectivity index (χ2v) is 6.54. The van der Waals surface area contributed by atoms with Crippen molar-refractivity contribution in [1.82, 2.24) is 15.2 Å². The van der Waals surface area contributed by atoms with Gasteiger partial charge in [-0.2, -0.15) is 0 Å². The number of nitrogens with zero attached hydrogens (tertiary/aromatic N) is 3. The Kier molecular flexibility index (Phi) is 6.01. The van der Waals surface area contributed by atoms with Gasteiger partial charge in [-0.3, -0.25) is 4.79 Å². The molecule has 0 atom stereocenters. The smallest absolute Gasteiger partial charge is 0.220 e. The van der Waals surface area contributed by atoms with Crippen molar-refractivity contribution < 1.29 is 4.79 Å². The van der Waals surface area contributed by atoms with E-state index < -0.39 is 0 Å². The topological polar surface area (TPSA) is 48.5 Å². The first-order chi connectivity index (χ1) is 12.2. The molecule has 2 heterocycles. The van der Waals surface area contributed by atoms with Gasteiger partial charge in [-0.15, -0.1) is 0 Å². The highest BCUT2D eigenvalue weighted by Crippen LogP contribution is 2.18. The van der Waals surface area contributed by atoms with Crippen LogP contribution in [-0.4, -0.2) is 49.0 Å². The quantitative estimate of drug-likeness (QED) is 0.876. The van der Waals surface area contributed by atoms with Gasteiger partial charge in [0.2, 0.25) is 5.91 Å². The zero-order valence-electron chi connectivity index (χ0n) is 14.8. The Bertz CT molecular complexity index is 681. The third kappa shape index (κ3) is 5.03. The molecule has 0 spiro atoms. The summed E-state index contributed by atoms with van der Waals surface area (Å²) in [6, 6.07) is 14.1. The molecular weight excluding hydrogens is 312 g/mol. The van der Waals surface area contributed by atoms with Crippen molar-refractivity contribution in [3.05, 3.63) is 59.8 Å². The van der Waals surface area contributed by atoms with E-state index in [1.165, 1.54) is 5.56 Å². The molecular formula is C20H26N4O. The van der Waals surface area contributed by atoms with Crippen LogP contribution < -0.4 is 10.2 Å². The molecule has 0 unspecified atom stereocenters. The third-order valence-corrected chi connectivity index (χ3v) is 4.63. The van der Waals surface area contributed by atoms with Crippen molar-refractivity contribution >= 4 is 11.7 Å². The van der Waals surface area contributed by atoms with Crippen LogP contribution in [0.1, 0.15) is 17.5 Å². The Balaban J connectivity index is 1.53. The van der Waals surface area contributed by atoms with Crippen LogP contribution in [0.3, 0.4) is 0 Å². The predicted octanol–water partition coefficient (Wildman–Crippen LogP) is 2.08. The van der Waals surface area contributed by atoms with Crippen molar-refractivity contribution in [2.75, 3.05) is 38.1 Å². The SMILES string of the molecule is CN1CCN(c2ncccc2CNC(=O)CCc2ccccc2)CC1. The van der Waals surface area contributed by atoms with Gasteiger partial charge in [-0.25, -0.2) is 4.98 Å². The first-order valence-corrected chi connectivity index (χ1v) is 8.90. The predicted molar refractivity (Wildman–Crippen MR) is 101 cm³/mol. The van der Waals surface area contributed by atoms with E-state index in [0.29, 0.717) is 13.0 Å². The minimum Gasteiger partial charge on any atom is -0.354 e. The van der Waals surface area contributed by atoms with Gasteiger partial charge >= 0.3 is 0 Å². The first-order valence-electron chi connectivity index (χ1n) is 8.90. The van der Waals surface area contributed by atoms with Crippen molar-refractivity contribution in [2.24, 2.45) is 0 Å². The molecule has 1 N–H and O–H groups in total. The molecule has 132 valence electrons. The lowest BCUT2D eigenvalue weighted by Crippen LogP contribution is -2.45. The summed E-state index contributed by atoms with van der Waals surface area (Å²) < 4.78 is 0. The molecule has 1 aromatic heterocycles. The van der Waals surface area contributed by atoms with Crippen LogP contribution in [0.25, 0.3) is 0 Å². The maximum atomic E-state index is 12.2. The first kappa shape index (κ1) is 17.4. The van der Waals surface area contributed by atoms with Gasteiger partial charge in [0.25, 0.3) is 0 Å². The molecule has 0 saturated carbocycles. The molecule has 25 heavy (non-hydrogen) atoms. The van der Waals surface area contributed by atoms with E-state index in [-0.39, 0.29) is 5.91 Å². The number of benzene rings is 1. The number of likely N-dealkylation sites (N-methyl/N-ethyl adjacent to an activating group) is 1. The lowest BCUT2D eigenvalue weighted by Gasteiger charge is -2.34. The number of hydrogen-bond donors (Lipinski definition) is 1. The average Bonchev–Trinajstić information content (AvgIpc) is 2.66. The van der Waals surface area contributed by atoms with E-state index >= 15 is 0 Å². The highest BCUT2D eigenvalue weighted by atomic mass is 16.1. The van der Waals surface area contributed by atoms with E-state index in [4.69, 9.17) is 0 Å². The van der Waals surface area contributed by atoms with Crippen LogP contribution in [-0.2, 0) is 17.8 Å². The summed E-state index contributed by atoms with van der Waals surface area (Å²) in [5.41, 5.74) is 2.28. The van der Waals surface area contributed by atoms with E-state index in [9.17, 15) is 4.79 Å². The summed E-state index contributed by atoms with van der Waals surface area (Å²) >= 11 is 0. The van der Waals surface area contributed by atoms with E-state index in [2.05, 4.69) is 45.3 Å². The van der Waals surface area contributed by atoms with Gasteiger partial charge in [-0.05, 0) is 25.1 Å². The Hall–Kier alpha value is -2.40. The van der Waals surface area contributed by atoms with E-state index in [1.54, 1.807) is 0 Å². The second kappa shape index (κ2) is 8.62. The number of hydrogen-bond acceptors (Lipinski definition) is 4. The lowest BCUT2D eigenvalue weighted by molar-refractivity contribution is -0.121. The third-order valence-electron chi connectivity index (χ3n) is 4.63. The number of piperazine rings is 1. The van der Waals surface area contributed by atoms with Gasteiger partial charge in [0, 0.05) is 50.9 Å². The van der Waals surface area contributed by atoms with E-state index in [1.807, 2.05) is 30.5 Å². The Morgan fingerprint density at radius 2 is 1.84 bits per heavy atom. The Morgan fingerprint density at radius 3 is 2.60 bits per heavy atom. The van der Waals surface area contributed by atoms with Crippen LogP contribution >= 0.6 is 0 Å². The molecule has 0 radical (unpaired) electrons. The van der Waals surface area contributed by atoms with Crippen LogP contribution in [0.5, 0.6) is 0 Å². The van der Waals surface area contributed by atoms with Crippen LogP contribution in [0.15, 0.2) is 48.7 Å². The summed E-state index contributed by atoms with van der Waals surface area (Å²) in [5.74, 6) is 1.08. The standard InChI is InChI=1S/C20H26N4O/c1-23-12-14-24(15-13-23)20-18(8-5-11-21-20)16-22-19(25)10-9-17-6-3-2-4-7-17/h2-8,11H,9-10,12-16H2,1H3,(H,22,25). The molecule has 3 rings (SSSR count). The summed E-state index contributed by atoms with van der Waals surface area (Å²) in [6.45, 7) is 4.56. The number of pyridine rings is 1. The fourth-order valence-electron chi connectivity index (χ4n) is 3.06. The number of carbonyl (C=O) groups excluding carboxylic acids is 1. The van der Waals surface area contributed by atoms with Gasteiger partial charge in [0.1, 0.15) is 5.82 Å². The lowest BCUT2D eigenvalue weighted by atomic mass is 10.1. The normalized spacial score (nSPS) is 15.2. The molecule has 1 saturated heterocycles. The van der Waals surface area contributed by atoms with Crippen LogP contribution in [0.2, 0.25) is 0 Å². The van der Waals surface area contributed by atoms with E-state index in [0.717, 1.165) is 44.0 Å². The molecule has 1 fully saturated rings. The molecule has 2 aromatic rings. The van der Waals surface area contributed by atoms with Crippen molar-refractivity contribution in [2.45, 2.75) is 19.4 Å². The summed E-state index contributed by atoms with van der Waals surface area (Å²) in [4.78, 5) is 21.4. The number of carbonyl (C=O) groups is 1. The minimum atomic E-state index is 0.0806. The molecule has 1 amide bonds. The molecule has 5 heteroatoms. The summed E-state index contributed by atoms with van der Waals surface area (Å²) in [6.07, 6.45) is 3.10. The van der Waals surface area contributed by atoms with Gasteiger partial charge in [-0.1, -0.05) is 36.4 Å². The van der Waals surface area contributed by atoms with Gasteiger partial charge in [0.05, 0.1) is 0 Å². The highest BCUT2D eigenvalue weighted by molar-refractivity contribution is 5.76. The molecule has 0 bridgehead atoms. The number of nitrogens with one attached hydrogen (secondary N) is 1. The number of rotatable bonds is 6. The molecule has 1 aliphatic heterocycles. The maximum Gasteiger partial charge on any atom is 0.220 e. The maximum absolute atomic E-state index is 12.2. The number of aromatic nitrogens is 1. The fourth-order valence-corrected chi connectivity index (χ4v) is 3.06. The number of amides is 1. The zero-order chi connectivity index (χ0) is 17.5. The molecule has 0 aliphatic carbocycles. The monoisotopic (exact) mass is 338 g/mol. The van der Waals surface area contributed by atoms with Crippen LogP contribution in [0.4, 0.5) is 5.82 Å². The van der Waals surface area contributed by atoms with Crippen molar-refractivity contribution in [3.8, 4) is 0 Å². The van der Waals surface area contributed by atoms with Crippen molar-refractivity contribution in [1.29, 1.82) is 0 Å². The van der Waals surface area contributed by atoms with Gasteiger partial charge in [0.15, 0.2) is 0 Å². The Morgan fingerprint density at radius 1 is 1.08 bits per heavy atom. The highest BCUT2D eigenvalue weighted by Gasteiger charge is 2.18. The molecule has 1 aliphatic rings. The number of aryl methyl sites for hydroxylation is 1. The van der Waals surface area contributed by atoms with Gasteiger partial charge < -0.3 is 15.1 Å². The summed E-state index contributed by atoms with van der Waals surface area (Å²) in [7, 11) is 2.14. The fraction of sp³-hybridized carbons (Fsp3) is 0.400. The van der Waals surface area contributed by atoms with Crippen LogP contribution in [0, 0.1) is 0 Å². The molecule has 5 nitrogen and oxygen atoms in total. The minimum absolute atomic E-state index is 0.0806. The molecule has 1 aromatic carbocycles. The second-order valence-electron chi connectivity index (χ2n) is 6.54. The average molecular weight is 338 g/mol. The largest absolute Gasteiger partial charge is 0.354 e. The summed E-state index contributed by atoms with van der Waals surface area (Å²) in [5, 5.41) is 3.04. The Labute approximate surface area is 149 Å². The van der Waals surface area contributed by atoms with Crippen molar-refractivity contribution in [3.63, 3.8) is 0 Å². The number of anilines is 1. The zero-order valence-corrected chi connectivity index (χ0v) is 14.8.